The zero-order valence-corrected chi connectivity index (χ0v) is 15.8. The largest absolute Gasteiger partial charge is 0.486 e. The molecule has 0 radical (unpaired) electrons. The zero-order valence-electron chi connectivity index (χ0n) is 12.7. The molecular formula is C17H16Br2F2O2. The van der Waals surface area contributed by atoms with Crippen LogP contribution in [0.5, 0.6) is 11.5 Å². The Labute approximate surface area is 151 Å². The van der Waals surface area contributed by atoms with Gasteiger partial charge in [0.05, 0.1) is 21.2 Å². The average Bonchev–Trinajstić information content (AvgIpc) is 2.47. The van der Waals surface area contributed by atoms with Crippen molar-refractivity contribution in [2.24, 2.45) is 0 Å². The van der Waals surface area contributed by atoms with Crippen LogP contribution in [0.3, 0.4) is 0 Å². The smallest absolute Gasteiger partial charge is 0.169 e. The molecule has 0 aliphatic carbocycles. The maximum atomic E-state index is 13.8. The molecule has 0 heterocycles. The highest BCUT2D eigenvalue weighted by Crippen LogP contribution is 2.31. The summed E-state index contributed by atoms with van der Waals surface area (Å²) in [7, 11) is 0. The van der Waals surface area contributed by atoms with Crippen molar-refractivity contribution < 1.29 is 18.3 Å². The van der Waals surface area contributed by atoms with Crippen LogP contribution < -0.4 is 9.47 Å². The summed E-state index contributed by atoms with van der Waals surface area (Å²) < 4.78 is 39.9. The molecule has 0 aromatic heterocycles. The minimum absolute atomic E-state index is 0.166. The van der Waals surface area contributed by atoms with Gasteiger partial charge in [0.25, 0.3) is 0 Å². The monoisotopic (exact) mass is 448 g/mol. The van der Waals surface area contributed by atoms with E-state index in [1.165, 1.54) is 12.1 Å². The molecule has 0 saturated heterocycles. The summed E-state index contributed by atoms with van der Waals surface area (Å²) in [5.74, 6) is -0.535. The Balaban J connectivity index is 1.99. The van der Waals surface area contributed by atoms with Gasteiger partial charge < -0.3 is 9.47 Å². The average molecular weight is 450 g/mol. The maximum absolute atomic E-state index is 13.8. The Morgan fingerprint density at radius 3 is 1.57 bits per heavy atom. The van der Waals surface area contributed by atoms with Crippen LogP contribution in [0.2, 0.25) is 0 Å². The van der Waals surface area contributed by atoms with E-state index < -0.39 is 11.6 Å². The molecule has 2 rings (SSSR count). The Morgan fingerprint density at radius 1 is 0.826 bits per heavy atom. The summed E-state index contributed by atoms with van der Waals surface area (Å²) in [6.07, 6.45) is -0.130. The number of benzene rings is 2. The van der Waals surface area contributed by atoms with E-state index in [9.17, 15) is 8.78 Å². The molecule has 124 valence electrons. The van der Waals surface area contributed by atoms with Crippen molar-refractivity contribution >= 4 is 31.9 Å². The van der Waals surface area contributed by atoms with Crippen molar-refractivity contribution in [3.05, 3.63) is 57.0 Å². The molecule has 0 spiro atoms. The number of hydrogen-bond donors (Lipinski definition) is 0. The fraction of sp³-hybridized carbons (Fsp3) is 0.294. The van der Waals surface area contributed by atoms with E-state index in [2.05, 4.69) is 31.9 Å². The lowest BCUT2D eigenvalue weighted by Crippen LogP contribution is -2.23. The van der Waals surface area contributed by atoms with Gasteiger partial charge in [0.1, 0.15) is 0 Å². The van der Waals surface area contributed by atoms with Crippen LogP contribution in [0, 0.1) is 11.6 Å². The molecule has 0 fully saturated rings. The number of rotatable bonds is 6. The molecule has 2 aromatic carbocycles. The van der Waals surface area contributed by atoms with Gasteiger partial charge in [-0.3, -0.25) is 0 Å². The molecule has 0 saturated carbocycles. The van der Waals surface area contributed by atoms with E-state index in [4.69, 9.17) is 9.47 Å². The second kappa shape index (κ2) is 8.11. The zero-order chi connectivity index (χ0) is 17.0. The van der Waals surface area contributed by atoms with Crippen molar-refractivity contribution in [2.75, 3.05) is 0 Å². The fourth-order valence-electron chi connectivity index (χ4n) is 2.16. The first kappa shape index (κ1) is 18.2. The van der Waals surface area contributed by atoms with Crippen LogP contribution in [0.1, 0.15) is 20.3 Å². The third-order valence-electron chi connectivity index (χ3n) is 3.14. The van der Waals surface area contributed by atoms with Crippen molar-refractivity contribution in [1.82, 2.24) is 0 Å². The first-order valence-electron chi connectivity index (χ1n) is 7.09. The standard InChI is InChI=1S/C17H16Br2F2O2/c1-10(22-16-12(18)5-3-7-14(16)20)9-11(2)23-17-13(19)6-4-8-15(17)21/h3-8,10-11H,9H2,1-2H3. The second-order valence-electron chi connectivity index (χ2n) is 5.19. The SMILES string of the molecule is CC(CC(C)Oc1c(F)cccc1Br)Oc1c(F)cccc1Br. The summed E-state index contributed by atoms with van der Waals surface area (Å²) in [6.45, 7) is 3.63. The van der Waals surface area contributed by atoms with Crippen LogP contribution in [0.15, 0.2) is 45.3 Å². The van der Waals surface area contributed by atoms with E-state index in [1.807, 2.05) is 13.8 Å². The van der Waals surface area contributed by atoms with E-state index in [0.717, 1.165) is 0 Å². The van der Waals surface area contributed by atoms with Gasteiger partial charge >= 0.3 is 0 Å². The van der Waals surface area contributed by atoms with Crippen molar-refractivity contribution in [2.45, 2.75) is 32.5 Å². The van der Waals surface area contributed by atoms with Crippen LogP contribution >= 0.6 is 31.9 Å². The topological polar surface area (TPSA) is 18.5 Å². The first-order chi connectivity index (χ1) is 10.9. The number of halogens is 4. The van der Waals surface area contributed by atoms with Gasteiger partial charge in [0, 0.05) is 6.42 Å². The predicted molar refractivity (Wildman–Crippen MR) is 93.0 cm³/mol. The number of para-hydroxylation sites is 2. The highest BCUT2D eigenvalue weighted by atomic mass is 79.9. The lowest BCUT2D eigenvalue weighted by Gasteiger charge is -2.21. The van der Waals surface area contributed by atoms with Gasteiger partial charge in [-0.15, -0.1) is 0 Å². The molecule has 2 atom stereocenters. The molecule has 0 aliphatic heterocycles. The highest BCUT2D eigenvalue weighted by molar-refractivity contribution is 9.10. The van der Waals surface area contributed by atoms with E-state index >= 15 is 0 Å². The summed E-state index contributed by atoms with van der Waals surface area (Å²) in [5, 5.41) is 0. The molecule has 2 nitrogen and oxygen atoms in total. The maximum Gasteiger partial charge on any atom is 0.169 e. The van der Waals surface area contributed by atoms with Crippen LogP contribution in [0.4, 0.5) is 8.78 Å². The summed E-state index contributed by atoms with van der Waals surface area (Å²) in [6, 6.07) is 9.28. The van der Waals surface area contributed by atoms with Gasteiger partial charge in [-0.05, 0) is 70.0 Å². The van der Waals surface area contributed by atoms with E-state index in [0.29, 0.717) is 15.4 Å². The van der Waals surface area contributed by atoms with Crippen LogP contribution in [-0.2, 0) is 0 Å². The van der Waals surface area contributed by atoms with Gasteiger partial charge in [-0.2, -0.15) is 0 Å². The quantitative estimate of drug-likeness (QED) is 0.529. The van der Waals surface area contributed by atoms with E-state index in [-0.39, 0.29) is 23.7 Å². The minimum Gasteiger partial charge on any atom is -0.486 e. The molecule has 0 N–H and O–H groups in total. The van der Waals surface area contributed by atoms with Crippen molar-refractivity contribution in [3.8, 4) is 11.5 Å². The molecule has 6 heteroatoms. The van der Waals surface area contributed by atoms with E-state index in [1.54, 1.807) is 24.3 Å². The molecule has 2 aromatic rings. The lowest BCUT2D eigenvalue weighted by molar-refractivity contribution is 0.123. The fourth-order valence-corrected chi connectivity index (χ4v) is 3.03. The number of hydrogen-bond acceptors (Lipinski definition) is 2. The third-order valence-corrected chi connectivity index (χ3v) is 4.39. The van der Waals surface area contributed by atoms with Gasteiger partial charge in [-0.1, -0.05) is 12.1 Å². The Bertz CT molecular complexity index is 582. The van der Waals surface area contributed by atoms with Crippen LogP contribution in [-0.4, -0.2) is 12.2 Å². The van der Waals surface area contributed by atoms with Gasteiger partial charge in [0.2, 0.25) is 0 Å². The summed E-state index contributed by atoms with van der Waals surface area (Å²) in [4.78, 5) is 0. The molecule has 2 unspecified atom stereocenters. The second-order valence-corrected chi connectivity index (χ2v) is 6.90. The molecule has 23 heavy (non-hydrogen) atoms. The molecule has 0 bridgehead atoms. The van der Waals surface area contributed by atoms with Crippen molar-refractivity contribution in [1.29, 1.82) is 0 Å². The Hall–Kier alpha value is -1.14. The lowest BCUT2D eigenvalue weighted by atomic mass is 10.2. The Kier molecular flexibility index (Phi) is 6.41. The molecular weight excluding hydrogens is 434 g/mol. The third kappa shape index (κ3) is 4.91. The Morgan fingerprint density at radius 2 is 1.22 bits per heavy atom. The van der Waals surface area contributed by atoms with Gasteiger partial charge in [0.15, 0.2) is 23.1 Å². The van der Waals surface area contributed by atoms with Crippen molar-refractivity contribution in [3.63, 3.8) is 0 Å². The predicted octanol–water partition coefficient (Wildman–Crippen LogP) is 6.11. The summed E-state index contributed by atoms with van der Waals surface area (Å²) in [5.41, 5.74) is 0. The molecule has 0 amide bonds. The molecule has 0 aliphatic rings. The first-order valence-corrected chi connectivity index (χ1v) is 8.68. The normalized spacial score (nSPS) is 13.5. The minimum atomic E-state index is -0.434. The van der Waals surface area contributed by atoms with Gasteiger partial charge in [-0.25, -0.2) is 8.78 Å². The van der Waals surface area contributed by atoms with Crippen LogP contribution in [0.25, 0.3) is 0 Å². The highest BCUT2D eigenvalue weighted by Gasteiger charge is 2.17. The number of ether oxygens (including phenoxy) is 2. The summed E-state index contributed by atoms with van der Waals surface area (Å²) >= 11 is 6.53.